The molecule has 1 heterocycles. The zero-order chi connectivity index (χ0) is 15.2. The Hall–Kier alpha value is -2.73. The minimum Gasteiger partial charge on any atom is -0.499 e. The van der Waals surface area contributed by atoms with Gasteiger partial charge in [0.1, 0.15) is 5.56 Å². The van der Waals surface area contributed by atoms with Crippen LogP contribution < -0.4 is 10.4 Å². The minimum absolute atomic E-state index is 0.409. The molecule has 0 aliphatic heterocycles. The van der Waals surface area contributed by atoms with E-state index in [0.29, 0.717) is 11.3 Å². The fourth-order valence-corrected chi connectivity index (χ4v) is 2.21. The van der Waals surface area contributed by atoms with Gasteiger partial charge in [-0.15, -0.1) is 0 Å². The predicted molar refractivity (Wildman–Crippen MR) is 81.8 cm³/mol. The molecule has 0 saturated heterocycles. The van der Waals surface area contributed by atoms with Crippen LogP contribution in [0.5, 0.6) is 5.06 Å². The molecular formula is C15H11NO4S. The van der Waals surface area contributed by atoms with Crippen molar-refractivity contribution in [2.24, 2.45) is 0 Å². The smallest absolute Gasteiger partial charge is 0.310 e. The van der Waals surface area contributed by atoms with E-state index in [9.17, 15) is 19.5 Å². The van der Waals surface area contributed by atoms with E-state index < -0.39 is 26.8 Å². The lowest BCUT2D eigenvalue weighted by Gasteiger charge is -1.95. The van der Waals surface area contributed by atoms with Gasteiger partial charge in [-0.1, -0.05) is 48.6 Å². The maximum absolute atomic E-state index is 11.8. The van der Waals surface area contributed by atoms with Crippen LogP contribution in [0.4, 0.5) is 0 Å². The van der Waals surface area contributed by atoms with Crippen LogP contribution in [0.1, 0.15) is 15.9 Å². The fourth-order valence-electron chi connectivity index (χ4n) is 1.59. The molecule has 0 aliphatic carbocycles. The van der Waals surface area contributed by atoms with Gasteiger partial charge in [0.05, 0.1) is 0 Å². The summed E-state index contributed by atoms with van der Waals surface area (Å²) in [6.45, 7) is 0. The molecule has 0 amide bonds. The number of rotatable bonds is 4. The highest BCUT2D eigenvalue weighted by Gasteiger charge is 2.14. The molecular weight excluding hydrogens is 290 g/mol. The van der Waals surface area contributed by atoms with Gasteiger partial charge in [0, 0.05) is 0 Å². The number of aromatic amines is 1. The fraction of sp³-hybridized carbons (Fsp3) is 0. The number of allylic oxidation sites excluding steroid dienone is 3. The third-order valence-electron chi connectivity index (χ3n) is 2.54. The maximum atomic E-state index is 11.8. The summed E-state index contributed by atoms with van der Waals surface area (Å²) in [4.78, 5) is 35.5. The third kappa shape index (κ3) is 3.87. The molecule has 106 valence electrons. The van der Waals surface area contributed by atoms with E-state index in [2.05, 4.69) is 0 Å². The molecule has 1 aromatic carbocycles. The van der Waals surface area contributed by atoms with E-state index >= 15 is 0 Å². The Morgan fingerprint density at radius 2 is 1.86 bits per heavy atom. The number of aromatic nitrogens is 1. The van der Waals surface area contributed by atoms with Crippen LogP contribution >= 0.6 is 11.3 Å². The normalized spacial score (nSPS) is 11.2. The maximum Gasteiger partial charge on any atom is 0.310 e. The average molecular weight is 301 g/mol. The number of ketones is 1. The van der Waals surface area contributed by atoms with Gasteiger partial charge in [-0.25, -0.2) is 0 Å². The second kappa shape index (κ2) is 6.62. The Morgan fingerprint density at radius 1 is 1.14 bits per heavy atom. The zero-order valence-electron chi connectivity index (χ0n) is 10.8. The summed E-state index contributed by atoms with van der Waals surface area (Å²) in [5, 5.41) is 8.92. The van der Waals surface area contributed by atoms with Crippen LogP contribution in [0.25, 0.3) is 6.08 Å². The van der Waals surface area contributed by atoms with Crippen molar-refractivity contribution in [3.05, 3.63) is 79.7 Å². The van der Waals surface area contributed by atoms with Gasteiger partial charge in [0.25, 0.3) is 5.56 Å². The number of benzene rings is 1. The molecule has 6 heteroatoms. The molecule has 0 radical (unpaired) electrons. The van der Waals surface area contributed by atoms with E-state index in [1.54, 1.807) is 12.2 Å². The van der Waals surface area contributed by atoms with Gasteiger partial charge in [0.15, 0.2) is 10.8 Å². The van der Waals surface area contributed by atoms with E-state index in [1.807, 2.05) is 35.3 Å². The molecule has 0 aliphatic rings. The van der Waals surface area contributed by atoms with E-state index in [0.717, 1.165) is 11.6 Å². The van der Waals surface area contributed by atoms with Gasteiger partial charge in [0.2, 0.25) is 0 Å². The lowest BCUT2D eigenvalue weighted by Crippen LogP contribution is -2.22. The third-order valence-corrected chi connectivity index (χ3v) is 3.22. The Balaban J connectivity index is 2.16. The summed E-state index contributed by atoms with van der Waals surface area (Å²) in [5.41, 5.74) is -0.352. The second-order valence-electron chi connectivity index (χ2n) is 4.02. The van der Waals surface area contributed by atoms with Crippen LogP contribution in [0.15, 0.2) is 58.1 Å². The molecule has 0 unspecified atom stereocenters. The highest BCUT2D eigenvalue weighted by molar-refractivity contribution is 7.11. The number of carbonyl (C=O) groups is 1. The Morgan fingerprint density at radius 3 is 2.52 bits per heavy atom. The molecule has 5 nitrogen and oxygen atoms in total. The molecule has 2 N–H and O–H groups in total. The Kier molecular flexibility index (Phi) is 4.63. The van der Waals surface area contributed by atoms with Crippen molar-refractivity contribution in [1.29, 1.82) is 0 Å². The number of H-pyrrole nitrogens is 1. The van der Waals surface area contributed by atoms with Crippen LogP contribution in [-0.4, -0.2) is 15.9 Å². The second-order valence-corrected chi connectivity index (χ2v) is 4.98. The average Bonchev–Trinajstić information content (AvgIpc) is 2.43. The van der Waals surface area contributed by atoms with Gasteiger partial charge in [-0.2, -0.15) is 0 Å². The van der Waals surface area contributed by atoms with Crippen molar-refractivity contribution >= 4 is 23.2 Å². The lowest BCUT2D eigenvalue weighted by atomic mass is 10.2. The largest absolute Gasteiger partial charge is 0.499 e. The summed E-state index contributed by atoms with van der Waals surface area (Å²) >= 11 is 0.409. The molecule has 0 saturated carbocycles. The molecule has 1 aromatic heterocycles. The van der Waals surface area contributed by atoms with Crippen molar-refractivity contribution in [2.45, 2.75) is 0 Å². The first kappa shape index (κ1) is 14.7. The number of aromatic hydroxyl groups is 1. The van der Waals surface area contributed by atoms with Crippen LogP contribution in [-0.2, 0) is 0 Å². The van der Waals surface area contributed by atoms with Crippen LogP contribution in [0.3, 0.4) is 0 Å². The van der Waals surface area contributed by atoms with Crippen molar-refractivity contribution < 1.29 is 9.90 Å². The SMILES string of the molecule is O=C(/C=C/C=C/c1ccccc1)c1c(O)sc(=O)[nH]c1=O. The lowest BCUT2D eigenvalue weighted by molar-refractivity contribution is 0.104. The van der Waals surface area contributed by atoms with Gasteiger partial charge >= 0.3 is 4.87 Å². The molecule has 2 aromatic rings. The van der Waals surface area contributed by atoms with Crippen LogP contribution in [0, 0.1) is 0 Å². The Labute approximate surface area is 123 Å². The first-order valence-electron chi connectivity index (χ1n) is 5.98. The molecule has 0 bridgehead atoms. The Bertz CT molecular complexity index is 816. The van der Waals surface area contributed by atoms with Gasteiger partial charge in [-0.3, -0.25) is 19.4 Å². The minimum atomic E-state index is -0.891. The predicted octanol–water partition coefficient (Wildman–Crippen LogP) is 1.95. The summed E-state index contributed by atoms with van der Waals surface area (Å²) < 4.78 is 0. The quantitative estimate of drug-likeness (QED) is 0.513. The van der Waals surface area contributed by atoms with Crippen molar-refractivity contribution in [2.75, 3.05) is 0 Å². The standard InChI is InChI=1S/C15H11NO4S/c17-11(12-13(18)16-15(20)21-14(12)19)9-5-4-8-10-6-2-1-3-7-10/h1-9,19H,(H,16,18,20)/b8-4+,9-5+. The number of carbonyl (C=O) groups excluding carboxylic acids is 1. The monoisotopic (exact) mass is 301 g/mol. The van der Waals surface area contributed by atoms with Crippen molar-refractivity contribution in [3.8, 4) is 5.06 Å². The first-order chi connectivity index (χ1) is 10.1. The summed E-state index contributed by atoms with van der Waals surface area (Å²) in [5.74, 6) is -0.664. The number of nitrogens with one attached hydrogen (secondary N) is 1. The van der Waals surface area contributed by atoms with E-state index in [4.69, 9.17) is 0 Å². The highest BCUT2D eigenvalue weighted by Crippen LogP contribution is 2.15. The highest BCUT2D eigenvalue weighted by atomic mass is 32.1. The molecule has 0 fully saturated rings. The first-order valence-corrected chi connectivity index (χ1v) is 6.80. The van der Waals surface area contributed by atoms with Crippen LogP contribution in [0.2, 0.25) is 0 Å². The number of hydrogen-bond acceptors (Lipinski definition) is 5. The zero-order valence-corrected chi connectivity index (χ0v) is 11.6. The van der Waals surface area contributed by atoms with Gasteiger partial charge in [-0.05, 0) is 23.0 Å². The van der Waals surface area contributed by atoms with Gasteiger partial charge < -0.3 is 5.11 Å². The molecule has 0 spiro atoms. The topological polar surface area (TPSA) is 87.2 Å². The van der Waals surface area contributed by atoms with E-state index in [-0.39, 0.29) is 0 Å². The summed E-state index contributed by atoms with van der Waals surface area (Å²) in [6, 6.07) is 9.47. The summed E-state index contributed by atoms with van der Waals surface area (Å²) in [6.07, 6.45) is 6.05. The molecule has 0 atom stereocenters. The number of hydrogen-bond donors (Lipinski definition) is 2. The van der Waals surface area contributed by atoms with E-state index in [1.165, 1.54) is 6.08 Å². The summed E-state index contributed by atoms with van der Waals surface area (Å²) in [7, 11) is 0. The molecule has 21 heavy (non-hydrogen) atoms. The molecule has 2 rings (SSSR count). The van der Waals surface area contributed by atoms with Crippen molar-refractivity contribution in [1.82, 2.24) is 4.98 Å². The van der Waals surface area contributed by atoms with Crippen molar-refractivity contribution in [3.63, 3.8) is 0 Å².